The summed E-state index contributed by atoms with van der Waals surface area (Å²) in [6.45, 7) is 0.173. The molecule has 0 unspecified atom stereocenters. The molecule has 2 aromatic heterocycles. The summed E-state index contributed by atoms with van der Waals surface area (Å²) in [4.78, 5) is 18.3. The number of benzene rings is 2. The molecule has 0 radical (unpaired) electrons. The van der Waals surface area contributed by atoms with Gasteiger partial charge in [0.25, 0.3) is 0 Å². The average Bonchev–Trinajstić information content (AvgIpc) is 3.62. The molecule has 2 aromatic carbocycles. The van der Waals surface area contributed by atoms with E-state index >= 15 is 0 Å². The SMILES string of the molecule is O=C(O)c1ccccc1-c1ccc([C@H]2[C@H](c3ccccn3)NC(=S)N2c2ccc3c(c2)OCO3)o1. The summed E-state index contributed by atoms with van der Waals surface area (Å²) in [5.41, 5.74) is 2.28. The zero-order valence-corrected chi connectivity index (χ0v) is 19.1. The second-order valence-corrected chi connectivity index (χ2v) is 8.47. The van der Waals surface area contributed by atoms with Crippen molar-refractivity contribution in [3.63, 3.8) is 0 Å². The normalized spacial score (nSPS) is 18.5. The van der Waals surface area contributed by atoms with Crippen LogP contribution in [0.25, 0.3) is 11.3 Å². The minimum Gasteiger partial charge on any atom is -0.478 e. The van der Waals surface area contributed by atoms with Crippen molar-refractivity contribution in [3.05, 3.63) is 96.0 Å². The third kappa shape index (κ3) is 3.66. The molecule has 0 aliphatic carbocycles. The minimum absolute atomic E-state index is 0.169. The molecule has 35 heavy (non-hydrogen) atoms. The van der Waals surface area contributed by atoms with Gasteiger partial charge in [-0.15, -0.1) is 0 Å². The number of hydrogen-bond acceptors (Lipinski definition) is 6. The highest BCUT2D eigenvalue weighted by Gasteiger charge is 2.43. The predicted molar refractivity (Wildman–Crippen MR) is 132 cm³/mol. The molecule has 174 valence electrons. The molecule has 9 heteroatoms. The lowest BCUT2D eigenvalue weighted by Crippen LogP contribution is -2.29. The number of nitrogens with zero attached hydrogens (tertiary/aromatic N) is 2. The predicted octanol–water partition coefficient (Wildman–Crippen LogP) is 4.95. The summed E-state index contributed by atoms with van der Waals surface area (Å²) in [5.74, 6) is 1.37. The van der Waals surface area contributed by atoms with E-state index in [2.05, 4.69) is 10.3 Å². The monoisotopic (exact) mass is 485 g/mol. The highest BCUT2D eigenvalue weighted by molar-refractivity contribution is 7.80. The standard InChI is InChI=1S/C26H19N3O5S/c30-25(31)17-6-2-1-5-16(17)19-10-11-21(34-19)24-23(18-7-3-4-12-27-18)28-26(35)29(24)15-8-9-20-22(13-15)33-14-32-20/h1-13,23-24H,14H2,(H,28,35)(H,30,31)/t23-,24-/m0/s1. The number of anilines is 1. The van der Waals surface area contributed by atoms with Crippen LogP contribution in [0.4, 0.5) is 5.69 Å². The van der Waals surface area contributed by atoms with Gasteiger partial charge in [-0.25, -0.2) is 4.79 Å². The van der Waals surface area contributed by atoms with E-state index < -0.39 is 5.97 Å². The quantitative estimate of drug-likeness (QED) is 0.381. The second kappa shape index (κ2) is 8.44. The third-order valence-electron chi connectivity index (χ3n) is 6.07. The molecule has 2 N–H and O–H groups in total. The number of pyridine rings is 1. The van der Waals surface area contributed by atoms with Gasteiger partial charge in [-0.2, -0.15) is 0 Å². The smallest absolute Gasteiger partial charge is 0.336 e. The number of fused-ring (bicyclic) bond motifs is 1. The van der Waals surface area contributed by atoms with Crippen LogP contribution < -0.4 is 19.7 Å². The van der Waals surface area contributed by atoms with Gasteiger partial charge in [-0.1, -0.05) is 24.3 Å². The van der Waals surface area contributed by atoms with Crippen LogP contribution in [0, 0.1) is 0 Å². The summed E-state index contributed by atoms with van der Waals surface area (Å²) >= 11 is 5.76. The van der Waals surface area contributed by atoms with E-state index in [0.717, 1.165) is 11.4 Å². The van der Waals surface area contributed by atoms with Gasteiger partial charge in [0.05, 0.1) is 17.3 Å². The van der Waals surface area contributed by atoms with E-state index in [1.54, 1.807) is 36.5 Å². The zero-order chi connectivity index (χ0) is 23.9. The Kier molecular flexibility index (Phi) is 5.11. The van der Waals surface area contributed by atoms with Crippen LogP contribution in [0.1, 0.15) is 33.9 Å². The second-order valence-electron chi connectivity index (χ2n) is 8.09. The molecule has 1 fully saturated rings. The Hall–Kier alpha value is -4.37. The van der Waals surface area contributed by atoms with E-state index in [0.29, 0.717) is 33.7 Å². The van der Waals surface area contributed by atoms with Crippen molar-refractivity contribution in [2.24, 2.45) is 0 Å². The van der Waals surface area contributed by atoms with Crippen LogP contribution in [0.5, 0.6) is 11.5 Å². The number of rotatable bonds is 5. The Morgan fingerprint density at radius 3 is 2.69 bits per heavy atom. The third-order valence-corrected chi connectivity index (χ3v) is 6.39. The van der Waals surface area contributed by atoms with Crippen molar-refractivity contribution in [2.45, 2.75) is 12.1 Å². The first-order chi connectivity index (χ1) is 17.1. The van der Waals surface area contributed by atoms with E-state index in [9.17, 15) is 9.90 Å². The van der Waals surface area contributed by atoms with Crippen molar-refractivity contribution >= 4 is 29.0 Å². The first-order valence-electron chi connectivity index (χ1n) is 10.9. The van der Waals surface area contributed by atoms with Crippen LogP contribution in [-0.2, 0) is 0 Å². The van der Waals surface area contributed by atoms with Crippen LogP contribution >= 0.6 is 12.2 Å². The first-order valence-corrected chi connectivity index (χ1v) is 11.3. The van der Waals surface area contributed by atoms with Gasteiger partial charge in [0.2, 0.25) is 6.79 Å². The molecular formula is C26H19N3O5S. The number of carboxylic acids is 1. The van der Waals surface area contributed by atoms with Crippen LogP contribution in [0.15, 0.2) is 83.4 Å². The molecule has 6 rings (SSSR count). The molecule has 2 atom stereocenters. The highest BCUT2D eigenvalue weighted by atomic mass is 32.1. The molecule has 2 aliphatic rings. The molecule has 0 saturated carbocycles. The Morgan fingerprint density at radius 2 is 1.86 bits per heavy atom. The lowest BCUT2D eigenvalue weighted by molar-refractivity contribution is 0.0697. The fourth-order valence-electron chi connectivity index (χ4n) is 4.50. The number of thiocarbonyl (C=S) groups is 1. The van der Waals surface area contributed by atoms with Crippen LogP contribution in [0.3, 0.4) is 0 Å². The fourth-order valence-corrected chi connectivity index (χ4v) is 4.84. The fraction of sp³-hybridized carbons (Fsp3) is 0.115. The maximum Gasteiger partial charge on any atom is 0.336 e. The maximum atomic E-state index is 11.8. The van der Waals surface area contributed by atoms with Crippen molar-refractivity contribution in [1.29, 1.82) is 0 Å². The number of aromatic carboxylic acids is 1. The Bertz CT molecular complexity index is 1440. The van der Waals surface area contributed by atoms with Gasteiger partial charge in [0.15, 0.2) is 16.6 Å². The van der Waals surface area contributed by atoms with Crippen LogP contribution in [-0.4, -0.2) is 28.0 Å². The summed E-state index contributed by atoms with van der Waals surface area (Å²) in [6.07, 6.45) is 1.73. The van der Waals surface area contributed by atoms with E-state index in [1.165, 1.54) is 0 Å². The zero-order valence-electron chi connectivity index (χ0n) is 18.3. The van der Waals surface area contributed by atoms with Gasteiger partial charge >= 0.3 is 5.97 Å². The van der Waals surface area contributed by atoms with Crippen molar-refractivity contribution in [3.8, 4) is 22.8 Å². The van der Waals surface area contributed by atoms with Crippen molar-refractivity contribution in [1.82, 2.24) is 10.3 Å². The summed E-state index contributed by atoms with van der Waals surface area (Å²) in [6, 6.07) is 21.1. The summed E-state index contributed by atoms with van der Waals surface area (Å²) < 4.78 is 17.3. The lowest BCUT2D eigenvalue weighted by atomic mass is 10.0. The molecule has 4 aromatic rings. The molecule has 8 nitrogen and oxygen atoms in total. The Labute approximate surface area is 205 Å². The largest absolute Gasteiger partial charge is 0.478 e. The molecule has 0 bridgehead atoms. The Morgan fingerprint density at radius 1 is 1.03 bits per heavy atom. The number of carboxylic acid groups (broad SMARTS) is 1. The van der Waals surface area contributed by atoms with Gasteiger partial charge in [0.1, 0.15) is 17.6 Å². The molecule has 2 aliphatic heterocycles. The maximum absolute atomic E-state index is 11.8. The van der Waals surface area contributed by atoms with E-state index in [1.807, 2.05) is 47.4 Å². The summed E-state index contributed by atoms with van der Waals surface area (Å²) in [5, 5.41) is 13.5. The molecule has 1 saturated heterocycles. The number of aromatic nitrogens is 1. The number of furan rings is 1. The minimum atomic E-state index is -1.02. The Balaban J connectivity index is 1.46. The molecule has 4 heterocycles. The number of hydrogen-bond donors (Lipinski definition) is 2. The molecule has 0 amide bonds. The van der Waals surface area contributed by atoms with Gasteiger partial charge < -0.3 is 29.2 Å². The first kappa shape index (κ1) is 21.2. The summed E-state index contributed by atoms with van der Waals surface area (Å²) in [7, 11) is 0. The topological polar surface area (TPSA) is 97.1 Å². The van der Waals surface area contributed by atoms with E-state index in [4.69, 9.17) is 26.1 Å². The van der Waals surface area contributed by atoms with E-state index in [-0.39, 0.29) is 24.4 Å². The number of nitrogens with one attached hydrogen (secondary N) is 1. The van der Waals surface area contributed by atoms with Crippen molar-refractivity contribution < 1.29 is 23.8 Å². The van der Waals surface area contributed by atoms with Gasteiger partial charge in [0, 0.05) is 23.5 Å². The van der Waals surface area contributed by atoms with Crippen LogP contribution in [0.2, 0.25) is 0 Å². The number of ether oxygens (including phenoxy) is 2. The highest BCUT2D eigenvalue weighted by Crippen LogP contribution is 2.45. The van der Waals surface area contributed by atoms with Gasteiger partial charge in [-0.3, -0.25) is 4.98 Å². The molecular weight excluding hydrogens is 466 g/mol. The van der Waals surface area contributed by atoms with Crippen molar-refractivity contribution in [2.75, 3.05) is 11.7 Å². The lowest BCUT2D eigenvalue weighted by Gasteiger charge is -2.26. The molecule has 0 spiro atoms. The number of carbonyl (C=O) groups is 1. The average molecular weight is 486 g/mol. The van der Waals surface area contributed by atoms with Gasteiger partial charge in [-0.05, 0) is 54.7 Å².